The molecule has 0 atom stereocenters. The summed E-state index contributed by atoms with van der Waals surface area (Å²) in [5, 5.41) is 11.6. The van der Waals surface area contributed by atoms with Crippen LogP contribution in [0.15, 0.2) is 47.8 Å². The van der Waals surface area contributed by atoms with Crippen LogP contribution < -0.4 is 10.5 Å². The minimum absolute atomic E-state index is 0.0413. The first-order valence-electron chi connectivity index (χ1n) is 5.82. The topological polar surface area (TPSA) is 80.7 Å². The Morgan fingerprint density at radius 2 is 2.11 bits per heavy atom. The lowest BCUT2D eigenvalue weighted by molar-refractivity contribution is 0.293. The van der Waals surface area contributed by atoms with Crippen LogP contribution in [0, 0.1) is 6.92 Å². The molecule has 0 saturated heterocycles. The largest absolute Gasteiger partial charge is 0.473 e. The highest BCUT2D eigenvalue weighted by atomic mass is 16.5. The van der Waals surface area contributed by atoms with E-state index in [2.05, 4.69) is 10.1 Å². The van der Waals surface area contributed by atoms with Crippen molar-refractivity contribution in [2.75, 3.05) is 0 Å². The maximum Gasteiger partial charge on any atom is 0.213 e. The number of rotatable bonds is 4. The summed E-state index contributed by atoms with van der Waals surface area (Å²) < 4.78 is 5.59. The van der Waals surface area contributed by atoms with Crippen molar-refractivity contribution >= 4 is 5.84 Å². The van der Waals surface area contributed by atoms with Gasteiger partial charge in [-0.15, -0.1) is 0 Å². The molecule has 0 aliphatic rings. The maximum atomic E-state index is 8.64. The number of benzene rings is 1. The van der Waals surface area contributed by atoms with Crippen LogP contribution in [-0.4, -0.2) is 16.0 Å². The van der Waals surface area contributed by atoms with Gasteiger partial charge in [-0.25, -0.2) is 4.98 Å². The zero-order valence-corrected chi connectivity index (χ0v) is 10.6. The molecule has 0 fully saturated rings. The molecule has 0 aliphatic heterocycles. The first-order chi connectivity index (χ1) is 9.20. The zero-order valence-electron chi connectivity index (χ0n) is 10.6. The Morgan fingerprint density at radius 1 is 1.37 bits per heavy atom. The van der Waals surface area contributed by atoms with Gasteiger partial charge in [-0.05, 0) is 18.1 Å². The van der Waals surface area contributed by atoms with Crippen molar-refractivity contribution in [3.8, 4) is 5.88 Å². The SMILES string of the molecule is Cc1cc(OCc2ccccc2)ncc1/C(N)=N/O. The molecule has 3 N–H and O–H groups in total. The second-order valence-corrected chi connectivity index (χ2v) is 4.10. The number of aryl methyl sites for hydroxylation is 1. The Bertz CT molecular complexity index is 582. The van der Waals surface area contributed by atoms with Crippen LogP contribution in [0.3, 0.4) is 0 Å². The van der Waals surface area contributed by atoms with E-state index >= 15 is 0 Å². The van der Waals surface area contributed by atoms with E-state index in [0.717, 1.165) is 11.1 Å². The van der Waals surface area contributed by atoms with E-state index in [0.29, 0.717) is 18.1 Å². The molecule has 0 saturated carbocycles. The van der Waals surface area contributed by atoms with Crippen LogP contribution in [-0.2, 0) is 6.61 Å². The number of nitrogens with zero attached hydrogens (tertiary/aromatic N) is 2. The Kier molecular flexibility index (Phi) is 3.97. The summed E-state index contributed by atoms with van der Waals surface area (Å²) >= 11 is 0. The van der Waals surface area contributed by atoms with E-state index in [9.17, 15) is 0 Å². The molecule has 0 unspecified atom stereocenters. The third-order valence-electron chi connectivity index (χ3n) is 2.70. The van der Waals surface area contributed by atoms with E-state index in [1.165, 1.54) is 6.20 Å². The summed E-state index contributed by atoms with van der Waals surface area (Å²) in [6, 6.07) is 11.6. The molecule has 98 valence electrons. The molecule has 1 heterocycles. The second kappa shape index (κ2) is 5.86. The summed E-state index contributed by atoms with van der Waals surface area (Å²) in [4.78, 5) is 4.13. The Morgan fingerprint density at radius 3 is 2.74 bits per heavy atom. The molecule has 0 amide bonds. The summed E-state index contributed by atoms with van der Waals surface area (Å²) in [7, 11) is 0. The molecular formula is C14H15N3O2. The van der Waals surface area contributed by atoms with E-state index in [1.807, 2.05) is 37.3 Å². The van der Waals surface area contributed by atoms with Crippen LogP contribution in [0.2, 0.25) is 0 Å². The van der Waals surface area contributed by atoms with E-state index < -0.39 is 0 Å². The second-order valence-electron chi connectivity index (χ2n) is 4.10. The van der Waals surface area contributed by atoms with Gasteiger partial charge in [0.25, 0.3) is 0 Å². The van der Waals surface area contributed by atoms with Gasteiger partial charge in [0.15, 0.2) is 5.84 Å². The molecule has 19 heavy (non-hydrogen) atoms. The van der Waals surface area contributed by atoms with E-state index in [1.54, 1.807) is 6.07 Å². The third-order valence-corrected chi connectivity index (χ3v) is 2.70. The summed E-state index contributed by atoms with van der Waals surface area (Å²) in [5.74, 6) is 0.551. The minimum atomic E-state index is 0.0413. The lowest BCUT2D eigenvalue weighted by Gasteiger charge is -2.08. The van der Waals surface area contributed by atoms with Crippen molar-refractivity contribution in [3.63, 3.8) is 0 Å². The fourth-order valence-electron chi connectivity index (χ4n) is 1.66. The maximum absolute atomic E-state index is 8.64. The molecule has 5 nitrogen and oxygen atoms in total. The number of hydrogen-bond donors (Lipinski definition) is 2. The summed E-state index contributed by atoms with van der Waals surface area (Å²) in [6.45, 7) is 2.31. The number of oxime groups is 1. The van der Waals surface area contributed by atoms with Crippen LogP contribution in [0.25, 0.3) is 0 Å². The van der Waals surface area contributed by atoms with Crippen LogP contribution in [0.5, 0.6) is 5.88 Å². The van der Waals surface area contributed by atoms with Gasteiger partial charge in [0.05, 0.1) is 0 Å². The smallest absolute Gasteiger partial charge is 0.213 e. The van der Waals surface area contributed by atoms with Gasteiger partial charge in [-0.3, -0.25) is 0 Å². The minimum Gasteiger partial charge on any atom is -0.473 e. The Balaban J connectivity index is 2.09. The van der Waals surface area contributed by atoms with Crippen molar-refractivity contribution in [1.29, 1.82) is 0 Å². The van der Waals surface area contributed by atoms with E-state index in [4.69, 9.17) is 15.7 Å². The number of ether oxygens (including phenoxy) is 1. The van der Waals surface area contributed by atoms with Gasteiger partial charge >= 0.3 is 0 Å². The predicted molar refractivity (Wildman–Crippen MR) is 72.3 cm³/mol. The standard InChI is InChI=1S/C14H15N3O2/c1-10-7-13(16-8-12(10)14(15)17-18)19-9-11-5-3-2-4-6-11/h2-8,18H,9H2,1H3,(H2,15,17). The van der Waals surface area contributed by atoms with Crippen molar-refractivity contribution in [3.05, 3.63) is 59.3 Å². The number of aromatic nitrogens is 1. The van der Waals surface area contributed by atoms with Gasteiger partial charge in [-0.2, -0.15) is 0 Å². The lowest BCUT2D eigenvalue weighted by atomic mass is 10.1. The highest BCUT2D eigenvalue weighted by molar-refractivity contribution is 5.98. The van der Waals surface area contributed by atoms with Gasteiger partial charge in [0, 0.05) is 17.8 Å². The first kappa shape index (κ1) is 12.9. The fourth-order valence-corrected chi connectivity index (χ4v) is 1.66. The van der Waals surface area contributed by atoms with Crippen LogP contribution in [0.1, 0.15) is 16.7 Å². The van der Waals surface area contributed by atoms with Gasteiger partial charge in [-0.1, -0.05) is 35.5 Å². The summed E-state index contributed by atoms with van der Waals surface area (Å²) in [5.41, 5.74) is 8.03. The van der Waals surface area contributed by atoms with Crippen LogP contribution >= 0.6 is 0 Å². The first-order valence-corrected chi connectivity index (χ1v) is 5.82. The number of nitrogens with two attached hydrogens (primary N) is 1. The fraction of sp³-hybridized carbons (Fsp3) is 0.143. The molecule has 0 radical (unpaired) electrons. The predicted octanol–water partition coefficient (Wildman–Crippen LogP) is 2.06. The monoisotopic (exact) mass is 257 g/mol. The molecule has 5 heteroatoms. The normalized spacial score (nSPS) is 11.3. The molecule has 2 aromatic rings. The molecule has 1 aromatic carbocycles. The van der Waals surface area contributed by atoms with E-state index in [-0.39, 0.29) is 5.84 Å². The van der Waals surface area contributed by atoms with Crippen molar-refractivity contribution < 1.29 is 9.94 Å². The molecule has 1 aromatic heterocycles. The Hall–Kier alpha value is -2.56. The highest BCUT2D eigenvalue weighted by Crippen LogP contribution is 2.15. The number of hydrogen-bond acceptors (Lipinski definition) is 4. The molecule has 0 aliphatic carbocycles. The summed E-state index contributed by atoms with van der Waals surface area (Å²) in [6.07, 6.45) is 1.53. The van der Waals surface area contributed by atoms with Crippen molar-refractivity contribution in [1.82, 2.24) is 4.98 Å². The Labute approximate surface area is 111 Å². The quantitative estimate of drug-likeness (QED) is 0.380. The highest BCUT2D eigenvalue weighted by Gasteiger charge is 2.06. The molecular weight excluding hydrogens is 242 g/mol. The number of pyridine rings is 1. The van der Waals surface area contributed by atoms with Gasteiger partial charge in [0.1, 0.15) is 6.61 Å². The average Bonchev–Trinajstić information content (AvgIpc) is 2.45. The molecule has 2 rings (SSSR count). The number of amidine groups is 1. The van der Waals surface area contributed by atoms with Gasteiger partial charge < -0.3 is 15.7 Å². The average molecular weight is 257 g/mol. The third kappa shape index (κ3) is 3.22. The van der Waals surface area contributed by atoms with Crippen molar-refractivity contribution in [2.24, 2.45) is 10.9 Å². The van der Waals surface area contributed by atoms with Gasteiger partial charge in [0.2, 0.25) is 5.88 Å². The van der Waals surface area contributed by atoms with Crippen LogP contribution in [0.4, 0.5) is 0 Å². The molecule has 0 spiro atoms. The van der Waals surface area contributed by atoms with Crippen molar-refractivity contribution in [2.45, 2.75) is 13.5 Å². The molecule has 0 bridgehead atoms. The zero-order chi connectivity index (χ0) is 13.7. The lowest BCUT2D eigenvalue weighted by Crippen LogP contribution is -2.15.